The molecule has 0 spiro atoms. The van der Waals surface area contributed by atoms with Crippen LogP contribution in [0.4, 0.5) is 0 Å². The monoisotopic (exact) mass is 204 g/mol. The van der Waals surface area contributed by atoms with Gasteiger partial charge in [-0.1, -0.05) is 30.7 Å². The van der Waals surface area contributed by atoms with Crippen LogP contribution < -0.4 is 0 Å². The fourth-order valence-electron chi connectivity index (χ4n) is 3.00. The van der Waals surface area contributed by atoms with Crippen LogP contribution >= 0.6 is 0 Å². The Morgan fingerprint density at radius 1 is 1.47 bits per heavy atom. The zero-order valence-electron chi connectivity index (χ0n) is 9.66. The Morgan fingerprint density at radius 2 is 2.27 bits per heavy atom. The number of hydrogen-bond donors (Lipinski definition) is 1. The molecule has 2 unspecified atom stereocenters. The molecule has 2 atom stereocenters. The summed E-state index contributed by atoms with van der Waals surface area (Å²) in [5.41, 5.74) is 1.63. The minimum Gasteiger partial charge on any atom is -0.512 e. The average molecular weight is 204 g/mol. The van der Waals surface area contributed by atoms with Crippen molar-refractivity contribution in [1.82, 2.24) is 0 Å². The first-order chi connectivity index (χ1) is 7.12. The highest BCUT2D eigenvalue weighted by Gasteiger charge is 2.35. The molecule has 1 nitrogen and oxygen atoms in total. The van der Waals surface area contributed by atoms with Crippen molar-refractivity contribution in [1.29, 1.82) is 0 Å². The number of allylic oxidation sites excluding steroid dienone is 6. The van der Waals surface area contributed by atoms with Crippen LogP contribution in [-0.2, 0) is 0 Å². The molecule has 2 aliphatic rings. The number of aliphatic hydroxyl groups excluding tert-OH is 1. The van der Waals surface area contributed by atoms with Crippen LogP contribution in [0.15, 0.2) is 35.6 Å². The van der Waals surface area contributed by atoms with Crippen molar-refractivity contribution in [3.8, 4) is 0 Å². The molecular weight excluding hydrogens is 184 g/mol. The van der Waals surface area contributed by atoms with Gasteiger partial charge in [0.1, 0.15) is 0 Å². The number of rotatable bonds is 1. The quantitative estimate of drug-likeness (QED) is 0.636. The minimum absolute atomic E-state index is 0.125. The molecule has 2 aliphatic carbocycles. The van der Waals surface area contributed by atoms with Crippen LogP contribution in [0, 0.1) is 11.3 Å². The van der Waals surface area contributed by atoms with Gasteiger partial charge in [0, 0.05) is 6.42 Å². The molecule has 1 N–H and O–H groups in total. The van der Waals surface area contributed by atoms with Crippen molar-refractivity contribution >= 4 is 0 Å². The van der Waals surface area contributed by atoms with E-state index < -0.39 is 0 Å². The predicted molar refractivity (Wildman–Crippen MR) is 63.7 cm³/mol. The molecule has 15 heavy (non-hydrogen) atoms. The molecule has 0 bridgehead atoms. The summed E-state index contributed by atoms with van der Waals surface area (Å²) in [7, 11) is 0. The van der Waals surface area contributed by atoms with Gasteiger partial charge >= 0.3 is 0 Å². The van der Waals surface area contributed by atoms with E-state index in [1.165, 1.54) is 24.8 Å². The Hall–Kier alpha value is -0.980. The van der Waals surface area contributed by atoms with Crippen molar-refractivity contribution in [2.24, 2.45) is 11.3 Å². The van der Waals surface area contributed by atoms with Gasteiger partial charge in [-0.15, -0.1) is 0 Å². The van der Waals surface area contributed by atoms with Gasteiger partial charge in [0.25, 0.3) is 0 Å². The molecule has 2 rings (SSSR count). The maximum atomic E-state index is 9.65. The largest absolute Gasteiger partial charge is 0.512 e. The second kappa shape index (κ2) is 3.88. The third-order valence-electron chi connectivity index (χ3n) is 3.84. The maximum Gasteiger partial charge on any atom is 0.0931 e. The molecule has 0 heterocycles. The van der Waals surface area contributed by atoms with Crippen LogP contribution in [0.3, 0.4) is 0 Å². The van der Waals surface area contributed by atoms with Crippen molar-refractivity contribution in [3.63, 3.8) is 0 Å². The average Bonchev–Trinajstić information content (AvgIpc) is 2.17. The fourth-order valence-corrected chi connectivity index (χ4v) is 3.00. The van der Waals surface area contributed by atoms with E-state index in [2.05, 4.69) is 26.0 Å². The summed E-state index contributed by atoms with van der Waals surface area (Å²) in [5.74, 6) is 1.14. The highest BCUT2D eigenvalue weighted by molar-refractivity contribution is 5.24. The van der Waals surface area contributed by atoms with Crippen molar-refractivity contribution in [2.75, 3.05) is 0 Å². The first-order valence-corrected chi connectivity index (χ1v) is 5.86. The van der Waals surface area contributed by atoms with Gasteiger partial charge in [-0.25, -0.2) is 0 Å². The summed E-state index contributed by atoms with van der Waals surface area (Å²) in [6.45, 7) is 4.50. The lowest BCUT2D eigenvalue weighted by Gasteiger charge is -2.39. The molecule has 0 amide bonds. The summed E-state index contributed by atoms with van der Waals surface area (Å²) in [6, 6.07) is 0. The van der Waals surface area contributed by atoms with Crippen molar-refractivity contribution < 1.29 is 5.11 Å². The van der Waals surface area contributed by atoms with Gasteiger partial charge in [-0.2, -0.15) is 0 Å². The first kappa shape index (κ1) is 10.5. The lowest BCUT2D eigenvalue weighted by molar-refractivity contribution is 0.223. The van der Waals surface area contributed by atoms with E-state index in [4.69, 9.17) is 0 Å². The topological polar surface area (TPSA) is 20.2 Å². The zero-order chi connectivity index (χ0) is 10.9. The number of hydrogen-bond acceptors (Lipinski definition) is 1. The van der Waals surface area contributed by atoms with Crippen molar-refractivity contribution in [3.05, 3.63) is 35.6 Å². The first-order valence-electron chi connectivity index (χ1n) is 5.86. The Labute approximate surface area is 92.2 Å². The van der Waals surface area contributed by atoms with Gasteiger partial charge in [-0.3, -0.25) is 0 Å². The van der Waals surface area contributed by atoms with Gasteiger partial charge in [0.15, 0.2) is 0 Å². The molecular formula is C14H20O. The lowest BCUT2D eigenvalue weighted by Crippen LogP contribution is -2.29. The van der Waals surface area contributed by atoms with E-state index in [1.54, 1.807) is 0 Å². The van der Waals surface area contributed by atoms with E-state index in [9.17, 15) is 5.11 Å². The minimum atomic E-state index is 0.125. The zero-order valence-corrected chi connectivity index (χ0v) is 9.66. The standard InChI is InChI=1S/C14H20O/c1-11-6-3-4-8-13(11)14(2)9-5-7-12(15)10-14/h5-7,9,13,15H,3-4,8,10H2,1-2H3. The van der Waals surface area contributed by atoms with Crippen LogP contribution in [0.25, 0.3) is 0 Å². The van der Waals surface area contributed by atoms with Crippen LogP contribution in [0.2, 0.25) is 0 Å². The molecule has 0 aromatic carbocycles. The van der Waals surface area contributed by atoms with E-state index in [0.717, 1.165) is 6.42 Å². The van der Waals surface area contributed by atoms with E-state index in [0.29, 0.717) is 11.7 Å². The lowest BCUT2D eigenvalue weighted by atomic mass is 9.66. The molecule has 0 aliphatic heterocycles. The highest BCUT2D eigenvalue weighted by atomic mass is 16.3. The molecule has 0 aromatic heterocycles. The molecule has 82 valence electrons. The second-order valence-electron chi connectivity index (χ2n) is 5.13. The Balaban J connectivity index is 2.23. The smallest absolute Gasteiger partial charge is 0.0931 e. The summed E-state index contributed by atoms with van der Waals surface area (Å²) < 4.78 is 0. The molecule has 0 aromatic rings. The molecule has 0 fully saturated rings. The second-order valence-corrected chi connectivity index (χ2v) is 5.13. The van der Waals surface area contributed by atoms with Gasteiger partial charge in [0.05, 0.1) is 5.76 Å². The van der Waals surface area contributed by atoms with E-state index in [-0.39, 0.29) is 5.41 Å². The summed E-state index contributed by atoms with van der Waals surface area (Å²) >= 11 is 0. The Kier molecular flexibility index (Phi) is 2.72. The number of aliphatic hydroxyl groups is 1. The highest BCUT2D eigenvalue weighted by Crippen LogP contribution is 2.45. The SMILES string of the molecule is CC1=CCCCC1C1(C)C=CC=C(O)C1. The molecule has 0 radical (unpaired) electrons. The van der Waals surface area contributed by atoms with Crippen molar-refractivity contribution in [2.45, 2.75) is 39.5 Å². The Bertz CT molecular complexity index is 335. The van der Waals surface area contributed by atoms with Gasteiger partial charge in [0.2, 0.25) is 0 Å². The Morgan fingerprint density at radius 3 is 2.93 bits per heavy atom. The van der Waals surface area contributed by atoms with Crippen LogP contribution in [0.5, 0.6) is 0 Å². The molecule has 1 heteroatoms. The molecule has 0 saturated carbocycles. The summed E-state index contributed by atoms with van der Waals surface area (Å²) in [4.78, 5) is 0. The fraction of sp³-hybridized carbons (Fsp3) is 0.571. The normalized spacial score (nSPS) is 36.0. The predicted octanol–water partition coefficient (Wildman–Crippen LogP) is 4.14. The maximum absolute atomic E-state index is 9.65. The molecule has 0 saturated heterocycles. The van der Waals surface area contributed by atoms with Gasteiger partial charge in [-0.05, 0) is 43.6 Å². The summed E-state index contributed by atoms with van der Waals surface area (Å²) in [5, 5.41) is 9.65. The third kappa shape index (κ3) is 2.01. The van der Waals surface area contributed by atoms with E-state index >= 15 is 0 Å². The summed E-state index contributed by atoms with van der Waals surface area (Å²) in [6.07, 6.45) is 13.0. The van der Waals surface area contributed by atoms with Crippen LogP contribution in [-0.4, -0.2) is 5.11 Å². The van der Waals surface area contributed by atoms with E-state index in [1.807, 2.05) is 12.2 Å². The van der Waals surface area contributed by atoms with Crippen LogP contribution in [0.1, 0.15) is 39.5 Å². The van der Waals surface area contributed by atoms with Gasteiger partial charge < -0.3 is 5.11 Å². The third-order valence-corrected chi connectivity index (χ3v) is 3.84.